The second-order valence-electron chi connectivity index (χ2n) is 5.99. The highest BCUT2D eigenvalue weighted by Gasteiger charge is 2.07. The van der Waals surface area contributed by atoms with Gasteiger partial charge in [0.2, 0.25) is 5.91 Å². The molecule has 0 saturated carbocycles. The molecule has 0 atom stereocenters. The van der Waals surface area contributed by atoms with Crippen molar-refractivity contribution in [1.29, 1.82) is 0 Å². The number of amides is 2. The summed E-state index contributed by atoms with van der Waals surface area (Å²) in [4.78, 5) is 26.0. The quantitative estimate of drug-likeness (QED) is 0.646. The van der Waals surface area contributed by atoms with Crippen molar-refractivity contribution in [2.24, 2.45) is 0 Å². The highest BCUT2D eigenvalue weighted by Crippen LogP contribution is 2.12. The molecule has 2 N–H and O–H groups in total. The highest BCUT2D eigenvalue weighted by molar-refractivity contribution is 5.94. The smallest absolute Gasteiger partial charge is 0.251 e. The van der Waals surface area contributed by atoms with Gasteiger partial charge in [0, 0.05) is 43.9 Å². The molecule has 2 aromatic carbocycles. The van der Waals surface area contributed by atoms with Crippen LogP contribution in [0.15, 0.2) is 60.7 Å². The number of anilines is 1. The first kappa shape index (κ1) is 19.5. The summed E-state index contributed by atoms with van der Waals surface area (Å²) >= 11 is 0. The molecule has 26 heavy (non-hydrogen) atoms. The third-order valence-corrected chi connectivity index (χ3v) is 4.10. The molecule has 5 heteroatoms. The largest absolute Gasteiger partial charge is 0.372 e. The van der Waals surface area contributed by atoms with Crippen LogP contribution in [-0.4, -0.2) is 38.0 Å². The zero-order valence-corrected chi connectivity index (χ0v) is 15.3. The molecule has 5 nitrogen and oxygen atoms in total. The van der Waals surface area contributed by atoms with Crippen LogP contribution in [0.5, 0.6) is 0 Å². The topological polar surface area (TPSA) is 61.4 Å². The van der Waals surface area contributed by atoms with Gasteiger partial charge >= 0.3 is 0 Å². The number of carbonyl (C=O) groups is 2. The van der Waals surface area contributed by atoms with E-state index in [4.69, 9.17) is 0 Å². The molecular formula is C21H27N3O2. The van der Waals surface area contributed by atoms with E-state index in [0.717, 1.165) is 19.5 Å². The van der Waals surface area contributed by atoms with E-state index in [1.165, 1.54) is 5.69 Å². The maximum atomic E-state index is 11.9. The Hall–Kier alpha value is -2.82. The minimum Gasteiger partial charge on any atom is -0.372 e. The molecule has 0 fully saturated rings. The van der Waals surface area contributed by atoms with Crippen LogP contribution in [0, 0.1) is 0 Å². The zero-order chi connectivity index (χ0) is 18.6. The van der Waals surface area contributed by atoms with Crippen LogP contribution in [0.25, 0.3) is 0 Å². The summed E-state index contributed by atoms with van der Waals surface area (Å²) in [6.07, 6.45) is 1.17. The molecule has 0 spiro atoms. The van der Waals surface area contributed by atoms with Crippen molar-refractivity contribution in [2.75, 3.05) is 31.1 Å². The lowest BCUT2D eigenvalue weighted by atomic mass is 10.2. The van der Waals surface area contributed by atoms with Gasteiger partial charge in [0.1, 0.15) is 0 Å². The number of hydrogen-bond acceptors (Lipinski definition) is 3. The van der Waals surface area contributed by atoms with E-state index in [1.807, 2.05) is 36.4 Å². The van der Waals surface area contributed by atoms with E-state index in [2.05, 4.69) is 34.6 Å². The third-order valence-electron chi connectivity index (χ3n) is 4.10. The second kappa shape index (κ2) is 10.9. The normalized spacial score (nSPS) is 10.2. The molecule has 2 amide bonds. The van der Waals surface area contributed by atoms with Gasteiger partial charge in [-0.25, -0.2) is 0 Å². The number of carbonyl (C=O) groups excluding carboxylic acids is 2. The average molecular weight is 353 g/mol. The van der Waals surface area contributed by atoms with Crippen molar-refractivity contribution in [1.82, 2.24) is 10.6 Å². The van der Waals surface area contributed by atoms with Crippen molar-refractivity contribution >= 4 is 17.5 Å². The highest BCUT2D eigenvalue weighted by atomic mass is 16.2. The first-order valence-electron chi connectivity index (χ1n) is 9.10. The van der Waals surface area contributed by atoms with Crippen LogP contribution in [-0.2, 0) is 4.79 Å². The number of hydrogen-bond donors (Lipinski definition) is 2. The second-order valence-corrected chi connectivity index (χ2v) is 5.99. The van der Waals surface area contributed by atoms with E-state index >= 15 is 0 Å². The molecule has 0 aliphatic carbocycles. The zero-order valence-electron chi connectivity index (χ0n) is 15.3. The average Bonchev–Trinajstić information content (AvgIpc) is 2.69. The van der Waals surface area contributed by atoms with Gasteiger partial charge in [0.25, 0.3) is 5.91 Å². The molecule has 0 aliphatic heterocycles. The van der Waals surface area contributed by atoms with E-state index < -0.39 is 0 Å². The monoisotopic (exact) mass is 353 g/mol. The van der Waals surface area contributed by atoms with Gasteiger partial charge in [-0.05, 0) is 37.6 Å². The third kappa shape index (κ3) is 6.59. The number of rotatable bonds is 10. The predicted molar refractivity (Wildman–Crippen MR) is 105 cm³/mol. The summed E-state index contributed by atoms with van der Waals surface area (Å²) in [6.45, 7) is 4.93. The van der Waals surface area contributed by atoms with Crippen molar-refractivity contribution in [3.63, 3.8) is 0 Å². The summed E-state index contributed by atoms with van der Waals surface area (Å²) in [7, 11) is 0. The number of para-hydroxylation sites is 1. The Bertz CT molecular complexity index is 674. The fourth-order valence-corrected chi connectivity index (χ4v) is 2.68. The van der Waals surface area contributed by atoms with Crippen LogP contribution < -0.4 is 15.5 Å². The molecule has 2 aromatic rings. The van der Waals surface area contributed by atoms with E-state index in [9.17, 15) is 9.59 Å². The van der Waals surface area contributed by atoms with Crippen molar-refractivity contribution in [3.05, 3.63) is 66.2 Å². The molecule has 0 unspecified atom stereocenters. The van der Waals surface area contributed by atoms with Crippen LogP contribution in [0.1, 0.15) is 30.1 Å². The molecule has 2 rings (SSSR count). The Kier molecular flexibility index (Phi) is 8.19. The number of nitrogens with zero attached hydrogens (tertiary/aromatic N) is 1. The molecule has 0 heterocycles. The van der Waals surface area contributed by atoms with Crippen LogP contribution in [0.4, 0.5) is 5.69 Å². The maximum Gasteiger partial charge on any atom is 0.251 e. The van der Waals surface area contributed by atoms with Crippen LogP contribution >= 0.6 is 0 Å². The van der Waals surface area contributed by atoms with Crippen LogP contribution in [0.3, 0.4) is 0 Å². The molecule has 0 aromatic heterocycles. The predicted octanol–water partition coefficient (Wildman–Crippen LogP) is 2.84. The minimum atomic E-state index is -0.153. The van der Waals surface area contributed by atoms with Crippen molar-refractivity contribution in [2.45, 2.75) is 19.8 Å². The fraction of sp³-hybridized carbons (Fsp3) is 0.333. The van der Waals surface area contributed by atoms with Gasteiger partial charge in [-0.1, -0.05) is 36.4 Å². The Morgan fingerprint density at radius 1 is 0.885 bits per heavy atom. The van der Waals surface area contributed by atoms with Crippen LogP contribution in [0.2, 0.25) is 0 Å². The standard InChI is InChI=1S/C21H27N3O2/c1-2-24(19-12-7-4-8-13-19)17-9-15-22-20(25)14-16-23-21(26)18-10-5-3-6-11-18/h3-8,10-13H,2,9,14-17H2,1H3,(H,22,25)(H,23,26). The van der Waals surface area contributed by atoms with Gasteiger partial charge in [-0.15, -0.1) is 0 Å². The molecule has 0 saturated heterocycles. The lowest BCUT2D eigenvalue weighted by Crippen LogP contribution is -2.32. The molecule has 0 aliphatic rings. The molecular weight excluding hydrogens is 326 g/mol. The van der Waals surface area contributed by atoms with Gasteiger partial charge in [0.15, 0.2) is 0 Å². The number of benzene rings is 2. The van der Waals surface area contributed by atoms with Crippen molar-refractivity contribution < 1.29 is 9.59 Å². The van der Waals surface area contributed by atoms with E-state index in [-0.39, 0.29) is 18.2 Å². The Labute approximate surface area is 155 Å². The van der Waals surface area contributed by atoms with E-state index in [0.29, 0.717) is 18.7 Å². The van der Waals surface area contributed by atoms with Gasteiger partial charge in [-0.2, -0.15) is 0 Å². The minimum absolute atomic E-state index is 0.0406. The summed E-state index contributed by atoms with van der Waals surface area (Å²) in [6, 6.07) is 19.3. The summed E-state index contributed by atoms with van der Waals surface area (Å²) in [5, 5.41) is 5.67. The maximum absolute atomic E-state index is 11.9. The van der Waals surface area contributed by atoms with Crippen molar-refractivity contribution in [3.8, 4) is 0 Å². The number of nitrogens with one attached hydrogen (secondary N) is 2. The summed E-state index contributed by atoms with van der Waals surface area (Å²) in [5.74, 6) is -0.194. The Morgan fingerprint density at radius 2 is 1.54 bits per heavy atom. The van der Waals surface area contributed by atoms with Gasteiger partial charge < -0.3 is 15.5 Å². The Balaban J connectivity index is 1.59. The fourth-order valence-electron chi connectivity index (χ4n) is 2.68. The first-order valence-corrected chi connectivity index (χ1v) is 9.10. The van der Waals surface area contributed by atoms with E-state index in [1.54, 1.807) is 12.1 Å². The molecule has 138 valence electrons. The van der Waals surface area contributed by atoms with Gasteiger partial charge in [-0.3, -0.25) is 9.59 Å². The summed E-state index contributed by atoms with van der Waals surface area (Å²) in [5.41, 5.74) is 1.80. The lowest BCUT2D eigenvalue weighted by Gasteiger charge is -2.23. The SMILES string of the molecule is CCN(CCCNC(=O)CCNC(=O)c1ccccc1)c1ccccc1. The molecule has 0 radical (unpaired) electrons. The Morgan fingerprint density at radius 3 is 2.19 bits per heavy atom. The molecule has 0 bridgehead atoms. The van der Waals surface area contributed by atoms with Gasteiger partial charge in [0.05, 0.1) is 0 Å². The summed E-state index contributed by atoms with van der Waals surface area (Å²) < 4.78 is 0. The lowest BCUT2D eigenvalue weighted by molar-refractivity contribution is -0.120. The first-order chi connectivity index (χ1) is 12.7.